The molecular formula is C15H15BrF2N2. The fourth-order valence-electron chi connectivity index (χ4n) is 2.07. The lowest BCUT2D eigenvalue weighted by atomic mass is 10.0. The number of hydrogen-bond donors (Lipinski definition) is 1. The van der Waals surface area contributed by atoms with Crippen LogP contribution in [0.25, 0.3) is 0 Å². The predicted molar refractivity (Wildman–Crippen MR) is 78.4 cm³/mol. The average molecular weight is 341 g/mol. The van der Waals surface area contributed by atoms with Gasteiger partial charge in [0.2, 0.25) is 0 Å². The topological polar surface area (TPSA) is 24.9 Å². The van der Waals surface area contributed by atoms with E-state index in [2.05, 4.69) is 26.2 Å². The molecule has 0 spiro atoms. The summed E-state index contributed by atoms with van der Waals surface area (Å²) in [5.74, 6) is -0.686. The van der Waals surface area contributed by atoms with Gasteiger partial charge in [-0.2, -0.15) is 0 Å². The molecule has 2 aromatic rings. The molecule has 5 heteroatoms. The number of nitrogens with zero attached hydrogens (tertiary/aromatic N) is 1. The highest BCUT2D eigenvalue weighted by atomic mass is 79.9. The molecule has 0 radical (unpaired) electrons. The number of hydrogen-bond acceptors (Lipinski definition) is 2. The van der Waals surface area contributed by atoms with Crippen LogP contribution in [0.1, 0.15) is 24.2 Å². The first kappa shape index (κ1) is 15.1. The van der Waals surface area contributed by atoms with Gasteiger partial charge in [0.15, 0.2) is 0 Å². The predicted octanol–water partition coefficient (Wildman–Crippen LogP) is 4.02. The highest BCUT2D eigenvalue weighted by Crippen LogP contribution is 2.22. The molecule has 20 heavy (non-hydrogen) atoms. The number of pyridine rings is 1. The van der Waals surface area contributed by atoms with Crippen LogP contribution in [0, 0.1) is 11.6 Å². The summed E-state index contributed by atoms with van der Waals surface area (Å²) < 4.78 is 28.4. The van der Waals surface area contributed by atoms with E-state index in [1.54, 1.807) is 24.4 Å². The Hall–Kier alpha value is -1.33. The van der Waals surface area contributed by atoms with Gasteiger partial charge in [0, 0.05) is 10.7 Å². The summed E-state index contributed by atoms with van der Waals surface area (Å²) in [4.78, 5) is 4.07. The van der Waals surface area contributed by atoms with E-state index in [0.29, 0.717) is 28.7 Å². The average Bonchev–Trinajstić information content (AvgIpc) is 2.42. The third kappa shape index (κ3) is 3.61. The lowest BCUT2D eigenvalue weighted by Crippen LogP contribution is -2.25. The van der Waals surface area contributed by atoms with Crippen molar-refractivity contribution >= 4 is 15.9 Å². The van der Waals surface area contributed by atoms with Crippen molar-refractivity contribution in [1.29, 1.82) is 0 Å². The van der Waals surface area contributed by atoms with Gasteiger partial charge >= 0.3 is 0 Å². The maximum atomic E-state index is 13.9. The van der Waals surface area contributed by atoms with Crippen LogP contribution in [0.4, 0.5) is 8.78 Å². The smallest absolute Gasteiger partial charge is 0.146 e. The van der Waals surface area contributed by atoms with Crippen molar-refractivity contribution in [2.45, 2.75) is 19.4 Å². The molecule has 0 aliphatic heterocycles. The van der Waals surface area contributed by atoms with Gasteiger partial charge in [0.1, 0.15) is 11.6 Å². The highest BCUT2D eigenvalue weighted by molar-refractivity contribution is 9.10. The van der Waals surface area contributed by atoms with Crippen LogP contribution in [-0.2, 0) is 6.42 Å². The van der Waals surface area contributed by atoms with E-state index in [9.17, 15) is 8.78 Å². The van der Waals surface area contributed by atoms with E-state index in [-0.39, 0.29) is 17.7 Å². The molecule has 1 unspecified atom stereocenters. The summed E-state index contributed by atoms with van der Waals surface area (Å²) in [5, 5.41) is 3.15. The van der Waals surface area contributed by atoms with Gasteiger partial charge < -0.3 is 5.32 Å². The third-order valence-electron chi connectivity index (χ3n) is 3.01. The van der Waals surface area contributed by atoms with Gasteiger partial charge in [-0.3, -0.25) is 4.98 Å². The van der Waals surface area contributed by atoms with Gasteiger partial charge in [0.05, 0.1) is 11.7 Å². The second-order valence-corrected chi connectivity index (χ2v) is 5.34. The number of benzene rings is 1. The monoisotopic (exact) mass is 340 g/mol. The van der Waals surface area contributed by atoms with Crippen LogP contribution in [0.5, 0.6) is 0 Å². The van der Waals surface area contributed by atoms with Crippen molar-refractivity contribution in [2.24, 2.45) is 0 Å². The van der Waals surface area contributed by atoms with E-state index in [1.807, 2.05) is 6.92 Å². The number of halogens is 3. The third-order valence-corrected chi connectivity index (χ3v) is 3.50. The molecule has 0 fully saturated rings. The molecule has 1 N–H and O–H groups in total. The maximum absolute atomic E-state index is 13.9. The number of nitrogens with one attached hydrogen (secondary N) is 1. The Balaban J connectivity index is 2.28. The molecule has 106 valence electrons. The Morgan fingerprint density at radius 1 is 1.25 bits per heavy atom. The van der Waals surface area contributed by atoms with Crippen LogP contribution in [0.3, 0.4) is 0 Å². The molecule has 0 saturated carbocycles. The standard InChI is InChI=1S/C15H15BrF2N2/c1-2-19-14(15-12(17)4-3-7-20-15)8-10-5-6-11(16)9-13(10)18/h3-7,9,14,19H,2,8H2,1H3. The van der Waals surface area contributed by atoms with E-state index in [4.69, 9.17) is 0 Å². The Kier molecular flexibility index (Phi) is 5.20. The van der Waals surface area contributed by atoms with Crippen LogP contribution in [-0.4, -0.2) is 11.5 Å². The molecule has 1 atom stereocenters. The molecule has 2 nitrogen and oxygen atoms in total. The summed E-state index contributed by atoms with van der Waals surface area (Å²) in [5.41, 5.74) is 0.848. The van der Waals surface area contributed by atoms with Crippen LogP contribution in [0.2, 0.25) is 0 Å². The van der Waals surface area contributed by atoms with Crippen molar-refractivity contribution in [1.82, 2.24) is 10.3 Å². The minimum absolute atomic E-state index is 0.307. The second kappa shape index (κ2) is 6.90. The van der Waals surface area contributed by atoms with Crippen molar-refractivity contribution in [3.63, 3.8) is 0 Å². The molecule has 0 aliphatic carbocycles. The van der Waals surface area contributed by atoms with Crippen LogP contribution < -0.4 is 5.32 Å². The zero-order valence-electron chi connectivity index (χ0n) is 11.0. The molecule has 1 aromatic heterocycles. The summed E-state index contributed by atoms with van der Waals surface area (Å²) >= 11 is 3.22. The van der Waals surface area contributed by atoms with Gasteiger partial charge in [-0.15, -0.1) is 0 Å². The SMILES string of the molecule is CCNC(Cc1ccc(Br)cc1F)c1ncccc1F. The van der Waals surface area contributed by atoms with Crippen molar-refractivity contribution in [3.05, 3.63) is 63.9 Å². The number of aromatic nitrogens is 1. The molecular weight excluding hydrogens is 326 g/mol. The molecule has 1 heterocycles. The molecule has 0 aliphatic rings. The Morgan fingerprint density at radius 3 is 2.70 bits per heavy atom. The van der Waals surface area contributed by atoms with Crippen molar-refractivity contribution in [2.75, 3.05) is 6.54 Å². The molecule has 1 aromatic carbocycles. The van der Waals surface area contributed by atoms with E-state index in [1.165, 1.54) is 12.1 Å². The quantitative estimate of drug-likeness (QED) is 0.889. The Morgan fingerprint density at radius 2 is 2.05 bits per heavy atom. The summed E-state index contributed by atoms with van der Waals surface area (Å²) in [6.45, 7) is 2.57. The summed E-state index contributed by atoms with van der Waals surface area (Å²) in [6.07, 6.45) is 1.89. The molecule has 0 saturated heterocycles. The minimum Gasteiger partial charge on any atom is -0.309 e. The highest BCUT2D eigenvalue weighted by Gasteiger charge is 2.18. The Labute approximate surface area is 125 Å². The zero-order chi connectivity index (χ0) is 14.5. The van der Waals surface area contributed by atoms with E-state index in [0.717, 1.165) is 0 Å². The van der Waals surface area contributed by atoms with Gasteiger partial charge in [-0.25, -0.2) is 8.78 Å². The largest absolute Gasteiger partial charge is 0.309 e. The van der Waals surface area contributed by atoms with Gasteiger partial charge in [0.25, 0.3) is 0 Å². The maximum Gasteiger partial charge on any atom is 0.146 e. The first-order chi connectivity index (χ1) is 9.61. The lowest BCUT2D eigenvalue weighted by Gasteiger charge is -2.18. The van der Waals surface area contributed by atoms with Crippen molar-refractivity contribution < 1.29 is 8.78 Å². The second-order valence-electron chi connectivity index (χ2n) is 4.42. The Bertz CT molecular complexity index is 590. The van der Waals surface area contributed by atoms with Crippen LogP contribution in [0.15, 0.2) is 41.0 Å². The first-order valence-corrected chi connectivity index (χ1v) is 7.18. The fourth-order valence-corrected chi connectivity index (χ4v) is 2.41. The fraction of sp³-hybridized carbons (Fsp3) is 0.267. The van der Waals surface area contributed by atoms with Gasteiger partial charge in [-0.1, -0.05) is 28.9 Å². The first-order valence-electron chi connectivity index (χ1n) is 6.39. The normalized spacial score (nSPS) is 12.4. The van der Waals surface area contributed by atoms with Gasteiger partial charge in [-0.05, 0) is 42.8 Å². The minimum atomic E-state index is -0.379. The molecule has 0 bridgehead atoms. The van der Waals surface area contributed by atoms with E-state index < -0.39 is 0 Å². The zero-order valence-corrected chi connectivity index (χ0v) is 12.6. The van der Waals surface area contributed by atoms with Crippen LogP contribution >= 0.6 is 15.9 Å². The molecule has 2 rings (SSSR count). The summed E-state index contributed by atoms with van der Waals surface area (Å²) in [6, 6.07) is 7.44. The number of rotatable bonds is 5. The molecule has 0 amide bonds. The summed E-state index contributed by atoms with van der Waals surface area (Å²) in [7, 11) is 0. The van der Waals surface area contributed by atoms with E-state index >= 15 is 0 Å². The number of likely N-dealkylation sites (N-methyl/N-ethyl adjacent to an activating group) is 1. The lowest BCUT2D eigenvalue weighted by molar-refractivity contribution is 0.484. The van der Waals surface area contributed by atoms with Crippen molar-refractivity contribution in [3.8, 4) is 0 Å².